The van der Waals surface area contributed by atoms with E-state index in [0.717, 1.165) is 44.8 Å². The standard InChI is InChI=1S/C17H32N2O2/c1-5-6-13-7-8-14(16(20)21)15(11-13)19-10-9-18(4)17(2,3)12-19/h13-15H,5-12H2,1-4H3,(H,20,21). The predicted molar refractivity (Wildman–Crippen MR) is 85.4 cm³/mol. The van der Waals surface area contributed by atoms with Gasteiger partial charge in [-0.1, -0.05) is 19.8 Å². The Morgan fingerprint density at radius 2 is 2.00 bits per heavy atom. The summed E-state index contributed by atoms with van der Waals surface area (Å²) < 4.78 is 0. The Hall–Kier alpha value is -0.610. The number of nitrogens with zero attached hydrogens (tertiary/aromatic N) is 2. The zero-order chi connectivity index (χ0) is 15.6. The highest BCUT2D eigenvalue weighted by Crippen LogP contribution is 2.36. The number of carbonyl (C=O) groups is 1. The molecule has 0 bridgehead atoms. The van der Waals surface area contributed by atoms with E-state index in [9.17, 15) is 9.90 Å². The molecule has 1 aliphatic heterocycles. The number of carboxylic acid groups (broad SMARTS) is 1. The Kier molecular flexibility index (Phi) is 5.31. The Labute approximate surface area is 129 Å². The normalized spacial score (nSPS) is 34.8. The van der Waals surface area contributed by atoms with Crippen LogP contribution in [0.2, 0.25) is 0 Å². The lowest BCUT2D eigenvalue weighted by Gasteiger charge is -2.50. The number of aliphatic carboxylic acids is 1. The summed E-state index contributed by atoms with van der Waals surface area (Å²) in [4.78, 5) is 16.5. The first-order valence-corrected chi connectivity index (χ1v) is 8.53. The van der Waals surface area contributed by atoms with Gasteiger partial charge in [0, 0.05) is 31.2 Å². The van der Waals surface area contributed by atoms with E-state index >= 15 is 0 Å². The lowest BCUT2D eigenvalue weighted by atomic mass is 9.75. The van der Waals surface area contributed by atoms with Crippen molar-refractivity contribution in [2.24, 2.45) is 11.8 Å². The quantitative estimate of drug-likeness (QED) is 0.866. The molecule has 0 aromatic carbocycles. The van der Waals surface area contributed by atoms with Gasteiger partial charge in [-0.3, -0.25) is 14.6 Å². The monoisotopic (exact) mass is 296 g/mol. The molecular formula is C17H32N2O2. The number of rotatable bonds is 4. The van der Waals surface area contributed by atoms with E-state index in [1.807, 2.05) is 0 Å². The van der Waals surface area contributed by atoms with E-state index in [0.29, 0.717) is 0 Å². The summed E-state index contributed by atoms with van der Waals surface area (Å²) in [5, 5.41) is 9.60. The van der Waals surface area contributed by atoms with Crippen LogP contribution in [0.25, 0.3) is 0 Å². The van der Waals surface area contributed by atoms with E-state index in [1.54, 1.807) is 0 Å². The maximum atomic E-state index is 11.7. The highest BCUT2D eigenvalue weighted by Gasteiger charge is 2.42. The Morgan fingerprint density at radius 3 is 2.57 bits per heavy atom. The Morgan fingerprint density at radius 1 is 1.29 bits per heavy atom. The maximum Gasteiger partial charge on any atom is 0.308 e. The fraction of sp³-hybridized carbons (Fsp3) is 0.941. The first-order valence-electron chi connectivity index (χ1n) is 8.53. The van der Waals surface area contributed by atoms with Crippen LogP contribution in [-0.4, -0.2) is 59.1 Å². The molecule has 2 aliphatic rings. The first kappa shape index (κ1) is 16.8. The predicted octanol–water partition coefficient (Wildman–Crippen LogP) is 2.68. The van der Waals surface area contributed by atoms with Crippen molar-refractivity contribution in [2.45, 2.75) is 64.5 Å². The summed E-state index contributed by atoms with van der Waals surface area (Å²) in [6.45, 7) is 9.79. The molecule has 3 atom stereocenters. The van der Waals surface area contributed by atoms with Crippen LogP contribution >= 0.6 is 0 Å². The second-order valence-corrected chi connectivity index (χ2v) is 7.68. The van der Waals surface area contributed by atoms with Gasteiger partial charge >= 0.3 is 5.97 Å². The van der Waals surface area contributed by atoms with Crippen molar-refractivity contribution < 1.29 is 9.90 Å². The van der Waals surface area contributed by atoms with E-state index in [1.165, 1.54) is 12.8 Å². The molecule has 1 heterocycles. The number of likely N-dealkylation sites (N-methyl/N-ethyl adjacent to an activating group) is 1. The molecule has 1 aliphatic carbocycles. The molecule has 21 heavy (non-hydrogen) atoms. The van der Waals surface area contributed by atoms with E-state index in [4.69, 9.17) is 0 Å². The molecule has 4 nitrogen and oxygen atoms in total. The summed E-state index contributed by atoms with van der Waals surface area (Å²) in [5.74, 6) is -0.0395. The van der Waals surface area contributed by atoms with Gasteiger partial charge < -0.3 is 5.11 Å². The van der Waals surface area contributed by atoms with Crippen LogP contribution in [0.3, 0.4) is 0 Å². The van der Waals surface area contributed by atoms with Crippen LogP contribution in [0.1, 0.15) is 52.9 Å². The summed E-state index contributed by atoms with van der Waals surface area (Å²) in [6.07, 6.45) is 5.49. The van der Waals surface area contributed by atoms with Crippen LogP contribution in [0.4, 0.5) is 0 Å². The molecule has 1 saturated heterocycles. The molecule has 1 saturated carbocycles. The maximum absolute atomic E-state index is 11.7. The molecule has 1 N–H and O–H groups in total. The van der Waals surface area contributed by atoms with Crippen LogP contribution in [-0.2, 0) is 4.79 Å². The minimum absolute atomic E-state index is 0.138. The van der Waals surface area contributed by atoms with Crippen molar-refractivity contribution in [2.75, 3.05) is 26.7 Å². The summed E-state index contributed by atoms with van der Waals surface area (Å²) in [6, 6.07) is 0.237. The molecule has 0 spiro atoms. The van der Waals surface area contributed by atoms with E-state index in [-0.39, 0.29) is 17.5 Å². The first-order chi connectivity index (χ1) is 9.85. The minimum atomic E-state index is -0.591. The number of hydrogen-bond acceptors (Lipinski definition) is 3. The zero-order valence-electron chi connectivity index (χ0n) is 14.1. The van der Waals surface area contributed by atoms with Crippen LogP contribution < -0.4 is 0 Å². The molecule has 2 fully saturated rings. The average molecular weight is 296 g/mol. The van der Waals surface area contributed by atoms with Gasteiger partial charge in [0.2, 0.25) is 0 Å². The van der Waals surface area contributed by atoms with Gasteiger partial charge in [-0.05, 0) is 46.1 Å². The average Bonchev–Trinajstić information content (AvgIpc) is 2.42. The Bertz CT molecular complexity index is 370. The van der Waals surface area contributed by atoms with Gasteiger partial charge in [0.05, 0.1) is 5.92 Å². The van der Waals surface area contributed by atoms with Crippen molar-refractivity contribution in [1.82, 2.24) is 9.80 Å². The van der Waals surface area contributed by atoms with Crippen molar-refractivity contribution in [3.8, 4) is 0 Å². The van der Waals surface area contributed by atoms with Crippen LogP contribution in [0.15, 0.2) is 0 Å². The fourth-order valence-electron chi connectivity index (χ4n) is 4.15. The van der Waals surface area contributed by atoms with E-state index < -0.39 is 5.97 Å². The van der Waals surface area contributed by atoms with Gasteiger partial charge in [0.15, 0.2) is 0 Å². The molecule has 0 aromatic heterocycles. The lowest BCUT2D eigenvalue weighted by molar-refractivity contribution is -0.147. The van der Waals surface area contributed by atoms with Crippen molar-refractivity contribution in [1.29, 1.82) is 0 Å². The lowest BCUT2D eigenvalue weighted by Crippen LogP contribution is -2.62. The van der Waals surface area contributed by atoms with Crippen molar-refractivity contribution >= 4 is 5.97 Å². The summed E-state index contributed by atoms with van der Waals surface area (Å²) in [7, 11) is 2.17. The summed E-state index contributed by atoms with van der Waals surface area (Å²) >= 11 is 0. The second kappa shape index (κ2) is 6.66. The SMILES string of the molecule is CCCC1CCC(C(=O)O)C(N2CCN(C)C(C)(C)C2)C1. The number of carboxylic acids is 1. The highest BCUT2D eigenvalue weighted by atomic mass is 16.4. The number of hydrogen-bond donors (Lipinski definition) is 1. The third kappa shape index (κ3) is 3.78. The molecule has 0 aromatic rings. The van der Waals surface area contributed by atoms with Crippen molar-refractivity contribution in [3.63, 3.8) is 0 Å². The van der Waals surface area contributed by atoms with Gasteiger partial charge in [-0.2, -0.15) is 0 Å². The molecule has 0 amide bonds. The van der Waals surface area contributed by atoms with Gasteiger partial charge in [0.1, 0.15) is 0 Å². The Balaban J connectivity index is 2.10. The molecule has 122 valence electrons. The molecule has 2 rings (SSSR count). The third-order valence-corrected chi connectivity index (χ3v) is 5.75. The number of piperazine rings is 1. The van der Waals surface area contributed by atoms with Crippen LogP contribution in [0.5, 0.6) is 0 Å². The molecule has 0 radical (unpaired) electrons. The van der Waals surface area contributed by atoms with Gasteiger partial charge in [-0.25, -0.2) is 0 Å². The topological polar surface area (TPSA) is 43.8 Å². The molecule has 3 unspecified atom stereocenters. The van der Waals surface area contributed by atoms with Crippen LogP contribution in [0, 0.1) is 11.8 Å². The fourth-order valence-corrected chi connectivity index (χ4v) is 4.15. The van der Waals surface area contributed by atoms with Gasteiger partial charge in [0.25, 0.3) is 0 Å². The molecule has 4 heteroatoms. The van der Waals surface area contributed by atoms with E-state index in [2.05, 4.69) is 37.6 Å². The summed E-state index contributed by atoms with van der Waals surface area (Å²) in [5.41, 5.74) is 0.138. The second-order valence-electron chi connectivity index (χ2n) is 7.68. The highest BCUT2D eigenvalue weighted by molar-refractivity contribution is 5.71. The minimum Gasteiger partial charge on any atom is -0.481 e. The molecular weight excluding hydrogens is 264 g/mol. The third-order valence-electron chi connectivity index (χ3n) is 5.75. The van der Waals surface area contributed by atoms with Crippen molar-refractivity contribution in [3.05, 3.63) is 0 Å². The largest absolute Gasteiger partial charge is 0.481 e. The van der Waals surface area contributed by atoms with Gasteiger partial charge in [-0.15, -0.1) is 0 Å². The smallest absolute Gasteiger partial charge is 0.308 e. The zero-order valence-corrected chi connectivity index (χ0v) is 14.1.